The Bertz CT molecular complexity index is 889. The first-order valence-corrected chi connectivity index (χ1v) is 8.19. The zero-order valence-corrected chi connectivity index (χ0v) is 12.2. The van der Waals surface area contributed by atoms with Crippen LogP contribution in [-0.2, 0) is 10.0 Å². The van der Waals surface area contributed by atoms with E-state index in [0.29, 0.717) is 5.52 Å². The van der Waals surface area contributed by atoms with Crippen LogP contribution in [0.15, 0.2) is 47.4 Å². The molecule has 0 amide bonds. The van der Waals surface area contributed by atoms with E-state index in [2.05, 4.69) is 9.71 Å². The number of benzene rings is 2. The van der Waals surface area contributed by atoms with Gasteiger partial charge >= 0.3 is 0 Å². The average molecular weight is 323 g/mol. The normalized spacial score (nSPS) is 11.7. The Labute approximate surface area is 124 Å². The molecular formula is C13H10FN3O2S2. The Kier molecular flexibility index (Phi) is 3.26. The zero-order valence-electron chi connectivity index (χ0n) is 10.6. The summed E-state index contributed by atoms with van der Waals surface area (Å²) < 4.78 is 41.2. The van der Waals surface area contributed by atoms with E-state index in [1.54, 1.807) is 12.1 Å². The van der Waals surface area contributed by atoms with Gasteiger partial charge in [0.25, 0.3) is 10.0 Å². The van der Waals surface area contributed by atoms with Gasteiger partial charge in [-0.1, -0.05) is 23.5 Å². The van der Waals surface area contributed by atoms with Gasteiger partial charge in [-0.2, -0.15) is 0 Å². The van der Waals surface area contributed by atoms with Crippen LogP contribution in [-0.4, -0.2) is 13.4 Å². The smallest absolute Gasteiger partial charge is 0.266 e. The molecule has 5 nitrogen and oxygen atoms in total. The highest BCUT2D eigenvalue weighted by Gasteiger charge is 2.20. The van der Waals surface area contributed by atoms with Crippen LogP contribution in [0.1, 0.15) is 0 Å². The molecule has 3 rings (SSSR count). The summed E-state index contributed by atoms with van der Waals surface area (Å²) in [7, 11) is -4.04. The Morgan fingerprint density at radius 1 is 1.19 bits per heavy atom. The number of nitrogen functional groups attached to an aromatic ring is 1. The van der Waals surface area contributed by atoms with E-state index >= 15 is 0 Å². The van der Waals surface area contributed by atoms with Gasteiger partial charge in [-0.15, -0.1) is 0 Å². The fourth-order valence-corrected chi connectivity index (χ4v) is 3.98. The predicted molar refractivity (Wildman–Crippen MR) is 81.2 cm³/mol. The molecule has 3 N–H and O–H groups in total. The molecule has 0 saturated carbocycles. The lowest BCUT2D eigenvalue weighted by atomic mass is 10.3. The van der Waals surface area contributed by atoms with Gasteiger partial charge in [0.1, 0.15) is 10.7 Å². The summed E-state index contributed by atoms with van der Waals surface area (Å²) in [5.74, 6) is -0.899. The summed E-state index contributed by atoms with van der Waals surface area (Å²) in [6, 6.07) is 10.7. The minimum atomic E-state index is -4.04. The molecule has 0 aliphatic carbocycles. The van der Waals surface area contributed by atoms with Crippen LogP contribution in [0.25, 0.3) is 10.2 Å². The Balaban J connectivity index is 1.99. The van der Waals surface area contributed by atoms with E-state index in [4.69, 9.17) is 5.73 Å². The van der Waals surface area contributed by atoms with Gasteiger partial charge in [0, 0.05) is 5.69 Å². The maximum atomic E-state index is 13.7. The third-order valence-corrected chi connectivity index (χ3v) is 5.21. The first kappa shape index (κ1) is 13.8. The number of nitrogens with two attached hydrogens (primary N) is 1. The lowest BCUT2D eigenvalue weighted by Gasteiger charge is -2.06. The van der Waals surface area contributed by atoms with Crippen LogP contribution < -0.4 is 10.5 Å². The van der Waals surface area contributed by atoms with Crippen molar-refractivity contribution in [2.24, 2.45) is 0 Å². The summed E-state index contributed by atoms with van der Waals surface area (Å²) in [5, 5.41) is 0.187. The Morgan fingerprint density at radius 3 is 2.67 bits per heavy atom. The molecule has 0 radical (unpaired) electrons. The summed E-state index contributed by atoms with van der Waals surface area (Å²) in [6.45, 7) is 0. The number of halogens is 1. The SMILES string of the molecule is Nc1ccc(S(=O)(=O)Nc2nc3ccccc3s2)c(F)c1. The molecule has 0 fully saturated rings. The molecule has 21 heavy (non-hydrogen) atoms. The third kappa shape index (κ3) is 2.67. The van der Waals surface area contributed by atoms with Crippen LogP contribution in [0.2, 0.25) is 0 Å². The van der Waals surface area contributed by atoms with Crippen LogP contribution >= 0.6 is 11.3 Å². The average Bonchev–Trinajstić information content (AvgIpc) is 2.79. The minimum absolute atomic E-state index is 0.159. The van der Waals surface area contributed by atoms with Crippen LogP contribution in [0.3, 0.4) is 0 Å². The molecule has 0 saturated heterocycles. The second-order valence-electron chi connectivity index (χ2n) is 4.28. The number of nitrogens with zero attached hydrogens (tertiary/aromatic N) is 1. The summed E-state index contributed by atoms with van der Waals surface area (Å²) in [5.41, 5.74) is 6.25. The van der Waals surface area contributed by atoms with Crippen LogP contribution in [0, 0.1) is 5.82 Å². The third-order valence-electron chi connectivity index (χ3n) is 2.76. The minimum Gasteiger partial charge on any atom is -0.399 e. The molecular weight excluding hydrogens is 313 g/mol. The predicted octanol–water partition coefficient (Wildman–Crippen LogP) is 2.82. The fraction of sp³-hybridized carbons (Fsp3) is 0. The molecule has 1 aromatic heterocycles. The second-order valence-corrected chi connectivity index (χ2v) is 6.96. The first-order chi connectivity index (χ1) is 9.95. The number of fused-ring (bicyclic) bond motifs is 1. The number of sulfonamides is 1. The Morgan fingerprint density at radius 2 is 1.95 bits per heavy atom. The van der Waals surface area contributed by atoms with Gasteiger partial charge < -0.3 is 5.73 Å². The van der Waals surface area contributed by atoms with Crippen molar-refractivity contribution in [1.29, 1.82) is 0 Å². The highest BCUT2D eigenvalue weighted by Crippen LogP contribution is 2.28. The number of hydrogen-bond acceptors (Lipinski definition) is 5. The molecule has 0 bridgehead atoms. The number of rotatable bonds is 3. The summed E-state index contributed by atoms with van der Waals surface area (Å²) in [4.78, 5) is 3.69. The zero-order chi connectivity index (χ0) is 15.0. The van der Waals surface area contributed by atoms with Gasteiger partial charge in [0.15, 0.2) is 5.13 Å². The molecule has 2 aromatic carbocycles. The Hall–Kier alpha value is -2.19. The van der Waals surface area contributed by atoms with E-state index in [9.17, 15) is 12.8 Å². The van der Waals surface area contributed by atoms with Gasteiger partial charge in [-0.25, -0.2) is 17.8 Å². The quantitative estimate of drug-likeness (QED) is 0.726. The molecule has 108 valence electrons. The second kappa shape index (κ2) is 4.97. The van der Waals surface area contributed by atoms with Crippen LogP contribution in [0.5, 0.6) is 0 Å². The van der Waals surface area contributed by atoms with Gasteiger partial charge in [0.2, 0.25) is 0 Å². The molecule has 1 heterocycles. The number of anilines is 2. The fourth-order valence-electron chi connectivity index (χ4n) is 1.82. The number of para-hydroxylation sites is 1. The highest BCUT2D eigenvalue weighted by atomic mass is 32.2. The van der Waals surface area contributed by atoms with Crippen molar-refractivity contribution in [1.82, 2.24) is 4.98 Å². The maximum absolute atomic E-state index is 13.7. The number of aromatic nitrogens is 1. The topological polar surface area (TPSA) is 85.1 Å². The maximum Gasteiger partial charge on any atom is 0.266 e. The van der Waals surface area contributed by atoms with Crippen LogP contribution in [0.4, 0.5) is 15.2 Å². The van der Waals surface area contributed by atoms with Gasteiger partial charge in [0.05, 0.1) is 10.2 Å². The number of hydrogen-bond donors (Lipinski definition) is 2. The molecule has 3 aromatic rings. The number of nitrogens with one attached hydrogen (secondary N) is 1. The largest absolute Gasteiger partial charge is 0.399 e. The first-order valence-electron chi connectivity index (χ1n) is 5.89. The summed E-state index contributed by atoms with van der Waals surface area (Å²) >= 11 is 1.18. The van der Waals surface area contributed by atoms with Crippen molar-refractivity contribution in [3.05, 3.63) is 48.3 Å². The summed E-state index contributed by atoms with van der Waals surface area (Å²) in [6.07, 6.45) is 0. The van der Waals surface area contributed by atoms with Crippen molar-refractivity contribution in [3.8, 4) is 0 Å². The molecule has 0 aliphatic rings. The monoisotopic (exact) mass is 323 g/mol. The lowest BCUT2D eigenvalue weighted by molar-refractivity contribution is 0.571. The van der Waals surface area contributed by atoms with Crippen molar-refractivity contribution < 1.29 is 12.8 Å². The van der Waals surface area contributed by atoms with E-state index in [1.807, 2.05) is 12.1 Å². The van der Waals surface area contributed by atoms with E-state index < -0.39 is 20.7 Å². The van der Waals surface area contributed by atoms with E-state index in [1.165, 1.54) is 17.4 Å². The molecule has 0 unspecified atom stereocenters. The van der Waals surface area contributed by atoms with Crippen molar-refractivity contribution in [2.75, 3.05) is 10.5 Å². The highest BCUT2D eigenvalue weighted by molar-refractivity contribution is 7.93. The number of thiazole rings is 1. The molecule has 0 spiro atoms. The molecule has 0 aliphatic heterocycles. The van der Waals surface area contributed by atoms with Gasteiger partial charge in [-0.3, -0.25) is 4.72 Å². The molecule has 0 atom stereocenters. The standard InChI is InChI=1S/C13H10FN3O2S2/c14-9-7-8(15)5-6-12(9)21(18,19)17-13-16-10-3-1-2-4-11(10)20-13/h1-7H,15H2,(H,16,17). The van der Waals surface area contributed by atoms with Crippen molar-refractivity contribution >= 4 is 42.4 Å². The van der Waals surface area contributed by atoms with E-state index in [0.717, 1.165) is 16.8 Å². The van der Waals surface area contributed by atoms with Gasteiger partial charge in [-0.05, 0) is 30.3 Å². The molecule has 8 heteroatoms. The van der Waals surface area contributed by atoms with Crippen molar-refractivity contribution in [2.45, 2.75) is 4.90 Å². The lowest BCUT2D eigenvalue weighted by Crippen LogP contribution is -2.14. The van der Waals surface area contributed by atoms with E-state index in [-0.39, 0.29) is 10.8 Å². The van der Waals surface area contributed by atoms with Crippen molar-refractivity contribution in [3.63, 3.8) is 0 Å².